The molecule has 0 radical (unpaired) electrons. The van der Waals surface area contributed by atoms with Gasteiger partial charge in [0.15, 0.2) is 9.84 Å². The molecule has 3 rings (SSSR count). The van der Waals surface area contributed by atoms with Crippen LogP contribution >= 0.6 is 0 Å². The van der Waals surface area contributed by atoms with Crippen LogP contribution in [0.3, 0.4) is 0 Å². The largest absolute Gasteiger partial charge is 0.307 e. The van der Waals surface area contributed by atoms with Crippen molar-refractivity contribution < 1.29 is 17.6 Å². The molecule has 1 unspecified atom stereocenters. The molecule has 8 heteroatoms. The molecule has 1 aromatic heterocycles. The fraction of sp³-hybridized carbons (Fsp3) is 0.294. The second-order valence-electron chi connectivity index (χ2n) is 6.05. The smallest absolute Gasteiger partial charge is 0.249 e. The third-order valence-electron chi connectivity index (χ3n) is 3.94. The van der Waals surface area contributed by atoms with E-state index in [0.717, 1.165) is 0 Å². The maximum atomic E-state index is 13.1. The summed E-state index contributed by atoms with van der Waals surface area (Å²) in [6, 6.07) is 7.31. The summed E-state index contributed by atoms with van der Waals surface area (Å²) in [6.45, 7) is 1.78. The summed E-state index contributed by atoms with van der Waals surface area (Å²) in [6.07, 6.45) is 3.28. The lowest BCUT2D eigenvalue weighted by atomic mass is 10.2. The monoisotopic (exact) mass is 363 g/mol. The van der Waals surface area contributed by atoms with Crippen LogP contribution in [0.1, 0.15) is 23.7 Å². The van der Waals surface area contributed by atoms with Gasteiger partial charge in [0, 0.05) is 12.1 Å². The maximum Gasteiger partial charge on any atom is 0.249 e. The first-order valence-electron chi connectivity index (χ1n) is 7.84. The normalized spacial score (nSPS) is 19.4. The SMILES string of the molecule is Cc1cc(NC(=O)/C=C/c2cccc(F)c2)n(C2CCS(=O)(=O)C2)n1. The van der Waals surface area contributed by atoms with Gasteiger partial charge in [0.25, 0.3) is 0 Å². The molecule has 6 nitrogen and oxygen atoms in total. The molecule has 1 saturated heterocycles. The molecule has 132 valence electrons. The third kappa shape index (κ3) is 4.33. The molecular formula is C17H18FN3O3S. The zero-order valence-electron chi connectivity index (χ0n) is 13.6. The summed E-state index contributed by atoms with van der Waals surface area (Å²) < 4.78 is 38.0. The number of carbonyl (C=O) groups excluding carboxylic acids is 1. The molecule has 1 N–H and O–H groups in total. The van der Waals surface area contributed by atoms with Gasteiger partial charge in [-0.3, -0.25) is 4.79 Å². The van der Waals surface area contributed by atoms with Gasteiger partial charge in [0.2, 0.25) is 5.91 Å². The summed E-state index contributed by atoms with van der Waals surface area (Å²) in [7, 11) is -3.05. The van der Waals surface area contributed by atoms with Crippen molar-refractivity contribution in [1.82, 2.24) is 9.78 Å². The predicted molar refractivity (Wildman–Crippen MR) is 93.3 cm³/mol. The Morgan fingerprint density at radius 2 is 2.20 bits per heavy atom. The van der Waals surface area contributed by atoms with Gasteiger partial charge < -0.3 is 5.32 Å². The summed E-state index contributed by atoms with van der Waals surface area (Å²) >= 11 is 0. The Balaban J connectivity index is 1.73. The van der Waals surface area contributed by atoms with Crippen molar-refractivity contribution in [2.45, 2.75) is 19.4 Å². The minimum absolute atomic E-state index is 0.0239. The quantitative estimate of drug-likeness (QED) is 0.846. The highest BCUT2D eigenvalue weighted by molar-refractivity contribution is 7.91. The van der Waals surface area contributed by atoms with E-state index in [1.807, 2.05) is 0 Å². The molecule has 1 atom stereocenters. The third-order valence-corrected chi connectivity index (χ3v) is 5.69. The van der Waals surface area contributed by atoms with Crippen LogP contribution in [0.4, 0.5) is 10.2 Å². The van der Waals surface area contributed by atoms with Crippen LogP contribution in [0.15, 0.2) is 36.4 Å². The number of hydrogen-bond acceptors (Lipinski definition) is 4. The van der Waals surface area contributed by atoms with Crippen LogP contribution in [0.2, 0.25) is 0 Å². The van der Waals surface area contributed by atoms with E-state index in [-0.39, 0.29) is 23.4 Å². The number of carbonyl (C=O) groups is 1. The van der Waals surface area contributed by atoms with Crippen LogP contribution < -0.4 is 5.32 Å². The lowest BCUT2D eigenvalue weighted by Crippen LogP contribution is -2.18. The summed E-state index contributed by atoms with van der Waals surface area (Å²) in [5, 5.41) is 7.01. The van der Waals surface area contributed by atoms with E-state index in [1.54, 1.807) is 29.8 Å². The Morgan fingerprint density at radius 1 is 1.40 bits per heavy atom. The van der Waals surface area contributed by atoms with Gasteiger partial charge in [-0.1, -0.05) is 12.1 Å². The highest BCUT2D eigenvalue weighted by Crippen LogP contribution is 2.27. The average Bonchev–Trinajstić information content (AvgIpc) is 3.07. The highest BCUT2D eigenvalue weighted by Gasteiger charge is 2.31. The first kappa shape index (κ1) is 17.3. The number of nitrogens with zero attached hydrogens (tertiary/aromatic N) is 2. The van der Waals surface area contributed by atoms with Crippen molar-refractivity contribution in [2.75, 3.05) is 16.8 Å². The number of hydrogen-bond donors (Lipinski definition) is 1. The molecule has 1 fully saturated rings. The van der Waals surface area contributed by atoms with Crippen molar-refractivity contribution in [3.63, 3.8) is 0 Å². The number of aromatic nitrogens is 2. The topological polar surface area (TPSA) is 81.1 Å². The van der Waals surface area contributed by atoms with Crippen LogP contribution in [0, 0.1) is 12.7 Å². The van der Waals surface area contributed by atoms with Gasteiger partial charge in [0.05, 0.1) is 23.2 Å². The molecule has 0 saturated carbocycles. The summed E-state index contributed by atoms with van der Waals surface area (Å²) in [5.41, 5.74) is 1.26. The maximum absolute atomic E-state index is 13.1. The highest BCUT2D eigenvalue weighted by atomic mass is 32.2. The van der Waals surface area contributed by atoms with Gasteiger partial charge in [-0.2, -0.15) is 5.10 Å². The Hall–Kier alpha value is -2.48. The molecular weight excluding hydrogens is 345 g/mol. The lowest BCUT2D eigenvalue weighted by molar-refractivity contribution is -0.111. The average molecular weight is 363 g/mol. The number of anilines is 1. The summed E-state index contributed by atoms with van der Waals surface area (Å²) in [5.74, 6) is -0.169. The van der Waals surface area contributed by atoms with Gasteiger partial charge in [-0.25, -0.2) is 17.5 Å². The Bertz CT molecular complexity index is 934. The minimum atomic E-state index is -3.05. The van der Waals surface area contributed by atoms with E-state index in [0.29, 0.717) is 23.5 Å². The van der Waals surface area contributed by atoms with Gasteiger partial charge >= 0.3 is 0 Å². The van der Waals surface area contributed by atoms with Crippen molar-refractivity contribution >= 4 is 27.6 Å². The number of halogens is 1. The van der Waals surface area contributed by atoms with Crippen LogP contribution in [0.5, 0.6) is 0 Å². The Labute approximate surface area is 145 Å². The molecule has 1 aromatic carbocycles. The zero-order chi connectivity index (χ0) is 18.0. The van der Waals surface area contributed by atoms with Crippen LogP contribution in [-0.2, 0) is 14.6 Å². The Morgan fingerprint density at radius 3 is 2.88 bits per heavy atom. The molecule has 1 aliphatic rings. The van der Waals surface area contributed by atoms with Crippen molar-refractivity contribution in [3.05, 3.63) is 53.5 Å². The molecule has 2 heterocycles. The fourth-order valence-corrected chi connectivity index (χ4v) is 4.50. The van der Waals surface area contributed by atoms with E-state index in [1.165, 1.54) is 24.3 Å². The molecule has 0 bridgehead atoms. The van der Waals surface area contributed by atoms with Gasteiger partial charge in [-0.15, -0.1) is 0 Å². The number of rotatable bonds is 4. The lowest BCUT2D eigenvalue weighted by Gasteiger charge is -2.13. The second kappa shape index (κ2) is 6.79. The number of aryl methyl sites for hydroxylation is 1. The van der Waals surface area contributed by atoms with E-state index < -0.39 is 15.7 Å². The molecule has 25 heavy (non-hydrogen) atoms. The Kier molecular flexibility index (Phi) is 4.71. The molecule has 1 aliphatic heterocycles. The van der Waals surface area contributed by atoms with Crippen LogP contribution in [-0.4, -0.2) is 35.6 Å². The fourth-order valence-electron chi connectivity index (χ4n) is 2.81. The first-order valence-corrected chi connectivity index (χ1v) is 9.66. The molecule has 0 aliphatic carbocycles. The van der Waals surface area contributed by atoms with Crippen molar-refractivity contribution in [1.29, 1.82) is 0 Å². The second-order valence-corrected chi connectivity index (χ2v) is 8.28. The number of benzene rings is 1. The van der Waals surface area contributed by atoms with E-state index in [2.05, 4.69) is 10.4 Å². The predicted octanol–water partition coefficient (Wildman–Crippen LogP) is 2.34. The van der Waals surface area contributed by atoms with Crippen LogP contribution in [0.25, 0.3) is 6.08 Å². The molecule has 0 spiro atoms. The summed E-state index contributed by atoms with van der Waals surface area (Å²) in [4.78, 5) is 12.1. The van der Waals surface area contributed by atoms with E-state index >= 15 is 0 Å². The van der Waals surface area contributed by atoms with Gasteiger partial charge in [0.1, 0.15) is 11.6 Å². The zero-order valence-corrected chi connectivity index (χ0v) is 14.5. The van der Waals surface area contributed by atoms with Gasteiger partial charge in [-0.05, 0) is 37.1 Å². The minimum Gasteiger partial charge on any atom is -0.307 e. The standard InChI is InChI=1S/C17H18FN3O3S/c1-12-9-16(21(20-12)15-7-8-25(23,24)11-15)19-17(22)6-5-13-3-2-4-14(18)10-13/h2-6,9-10,15H,7-8,11H2,1H3,(H,19,22)/b6-5+. The molecule has 1 amide bonds. The molecule has 2 aromatic rings. The van der Waals surface area contributed by atoms with Crippen molar-refractivity contribution in [3.8, 4) is 0 Å². The van der Waals surface area contributed by atoms with E-state index in [9.17, 15) is 17.6 Å². The van der Waals surface area contributed by atoms with E-state index in [4.69, 9.17) is 0 Å². The number of amides is 1. The number of nitrogens with one attached hydrogen (secondary N) is 1. The number of sulfone groups is 1. The first-order chi connectivity index (χ1) is 11.8. The van der Waals surface area contributed by atoms with Crippen molar-refractivity contribution in [2.24, 2.45) is 0 Å².